The van der Waals surface area contributed by atoms with Crippen molar-refractivity contribution in [1.82, 2.24) is 25.4 Å². The van der Waals surface area contributed by atoms with Gasteiger partial charge in [0.2, 0.25) is 0 Å². The fourth-order valence-corrected chi connectivity index (χ4v) is 3.95. The van der Waals surface area contributed by atoms with E-state index in [0.29, 0.717) is 24.8 Å². The standard InChI is InChI=1S/C20H28N6O/c1-4-21-20(24-17-10-16-6-7-18(17)27-16)23-12-15-5-8-19(22-11-15)26-14(3)9-13(2)25-26/h5,8-9,11,16-18H,4,6-7,10,12H2,1-3H3,(H2,21,23,24). The fourth-order valence-electron chi connectivity index (χ4n) is 3.95. The Bertz CT molecular complexity index is 812. The molecule has 2 aromatic heterocycles. The van der Waals surface area contributed by atoms with Crippen LogP contribution in [0.2, 0.25) is 0 Å². The molecule has 0 aliphatic carbocycles. The Morgan fingerprint density at radius 3 is 2.81 bits per heavy atom. The molecule has 0 aromatic carbocycles. The number of nitrogens with one attached hydrogen (secondary N) is 2. The first-order chi connectivity index (χ1) is 13.1. The van der Waals surface area contributed by atoms with Crippen LogP contribution in [0.4, 0.5) is 0 Å². The molecule has 2 N–H and O–H groups in total. The van der Waals surface area contributed by atoms with E-state index >= 15 is 0 Å². The second-order valence-corrected chi connectivity index (χ2v) is 7.42. The molecule has 2 saturated heterocycles. The van der Waals surface area contributed by atoms with Crippen molar-refractivity contribution in [3.05, 3.63) is 41.3 Å². The molecule has 2 fully saturated rings. The van der Waals surface area contributed by atoms with Gasteiger partial charge < -0.3 is 15.4 Å². The third-order valence-corrected chi connectivity index (χ3v) is 5.23. The van der Waals surface area contributed by atoms with Crippen LogP contribution in [0.1, 0.15) is 43.1 Å². The van der Waals surface area contributed by atoms with Crippen molar-refractivity contribution in [2.24, 2.45) is 4.99 Å². The first-order valence-electron chi connectivity index (χ1n) is 9.81. The van der Waals surface area contributed by atoms with Crippen molar-refractivity contribution in [2.75, 3.05) is 6.54 Å². The van der Waals surface area contributed by atoms with Crippen LogP contribution in [0.5, 0.6) is 0 Å². The molecule has 2 bridgehead atoms. The Hall–Kier alpha value is -2.41. The molecular formula is C20H28N6O. The summed E-state index contributed by atoms with van der Waals surface area (Å²) in [5, 5.41) is 11.4. The number of hydrogen-bond donors (Lipinski definition) is 2. The molecule has 7 heteroatoms. The van der Waals surface area contributed by atoms with Crippen LogP contribution in [0.3, 0.4) is 0 Å². The molecule has 3 atom stereocenters. The summed E-state index contributed by atoms with van der Waals surface area (Å²) in [7, 11) is 0. The van der Waals surface area contributed by atoms with Gasteiger partial charge in [-0.2, -0.15) is 5.10 Å². The number of aliphatic imine (C=N–C) groups is 1. The van der Waals surface area contributed by atoms with Crippen LogP contribution < -0.4 is 10.6 Å². The molecule has 0 radical (unpaired) electrons. The molecule has 3 unspecified atom stereocenters. The lowest BCUT2D eigenvalue weighted by Gasteiger charge is -2.22. The Kier molecular flexibility index (Phi) is 5.11. The van der Waals surface area contributed by atoms with E-state index in [9.17, 15) is 0 Å². The van der Waals surface area contributed by atoms with Gasteiger partial charge in [0.1, 0.15) is 0 Å². The number of hydrogen-bond acceptors (Lipinski definition) is 4. The van der Waals surface area contributed by atoms with Crippen molar-refractivity contribution >= 4 is 5.96 Å². The lowest BCUT2D eigenvalue weighted by atomic mass is 9.96. The summed E-state index contributed by atoms with van der Waals surface area (Å²) in [4.78, 5) is 9.28. The number of nitrogens with zero attached hydrogens (tertiary/aromatic N) is 4. The Morgan fingerprint density at radius 1 is 1.33 bits per heavy atom. The zero-order valence-electron chi connectivity index (χ0n) is 16.3. The minimum atomic E-state index is 0.334. The van der Waals surface area contributed by atoms with Gasteiger partial charge >= 0.3 is 0 Å². The van der Waals surface area contributed by atoms with E-state index in [0.717, 1.165) is 48.1 Å². The van der Waals surface area contributed by atoms with E-state index in [1.54, 1.807) is 0 Å². The SMILES string of the molecule is CCNC(=NCc1ccc(-n2nc(C)cc2C)nc1)NC1CC2CCC1O2. The van der Waals surface area contributed by atoms with E-state index in [4.69, 9.17) is 9.73 Å². The maximum Gasteiger partial charge on any atom is 0.191 e. The number of ether oxygens (including phenoxy) is 1. The van der Waals surface area contributed by atoms with Gasteiger partial charge in [-0.05, 0) is 57.7 Å². The molecule has 0 amide bonds. The topological polar surface area (TPSA) is 76.4 Å². The van der Waals surface area contributed by atoms with Gasteiger partial charge in [-0.25, -0.2) is 14.7 Å². The third kappa shape index (κ3) is 3.98. The Morgan fingerprint density at radius 2 is 2.22 bits per heavy atom. The second kappa shape index (κ2) is 7.68. The average molecular weight is 368 g/mol. The van der Waals surface area contributed by atoms with Gasteiger partial charge in [-0.3, -0.25) is 0 Å². The summed E-state index contributed by atoms with van der Waals surface area (Å²) in [6.07, 6.45) is 6.07. The number of aryl methyl sites for hydroxylation is 2. The summed E-state index contributed by atoms with van der Waals surface area (Å²) in [5.74, 6) is 1.68. The minimum absolute atomic E-state index is 0.334. The van der Waals surface area contributed by atoms with E-state index in [1.807, 2.05) is 36.9 Å². The van der Waals surface area contributed by atoms with Crippen LogP contribution in [0.15, 0.2) is 29.4 Å². The van der Waals surface area contributed by atoms with Crippen LogP contribution >= 0.6 is 0 Å². The predicted molar refractivity (Wildman–Crippen MR) is 105 cm³/mol. The van der Waals surface area contributed by atoms with Gasteiger partial charge in [-0.1, -0.05) is 6.07 Å². The molecule has 2 aliphatic rings. The molecule has 27 heavy (non-hydrogen) atoms. The van der Waals surface area contributed by atoms with Gasteiger partial charge in [-0.15, -0.1) is 0 Å². The normalized spacial score (nSPS) is 24.4. The summed E-state index contributed by atoms with van der Waals surface area (Å²) in [6, 6.07) is 6.47. The first kappa shape index (κ1) is 18.0. The van der Waals surface area contributed by atoms with Crippen LogP contribution in [-0.2, 0) is 11.3 Å². The van der Waals surface area contributed by atoms with E-state index in [1.165, 1.54) is 6.42 Å². The van der Waals surface area contributed by atoms with Gasteiger partial charge in [0, 0.05) is 18.4 Å². The molecule has 4 rings (SSSR count). The molecule has 144 valence electrons. The zero-order chi connectivity index (χ0) is 18.8. The maximum absolute atomic E-state index is 5.93. The molecule has 4 heterocycles. The first-order valence-corrected chi connectivity index (χ1v) is 9.81. The van der Waals surface area contributed by atoms with E-state index in [-0.39, 0.29) is 0 Å². The average Bonchev–Trinajstić information content (AvgIpc) is 3.36. The van der Waals surface area contributed by atoms with Crippen molar-refractivity contribution in [3.63, 3.8) is 0 Å². The lowest BCUT2D eigenvalue weighted by Crippen LogP contribution is -2.47. The quantitative estimate of drug-likeness (QED) is 0.625. The Labute approximate surface area is 160 Å². The van der Waals surface area contributed by atoms with Crippen molar-refractivity contribution in [3.8, 4) is 5.82 Å². The van der Waals surface area contributed by atoms with Crippen LogP contribution in [0, 0.1) is 13.8 Å². The van der Waals surface area contributed by atoms with E-state index in [2.05, 4.69) is 33.7 Å². The number of guanidine groups is 1. The van der Waals surface area contributed by atoms with Crippen LogP contribution in [-0.4, -0.2) is 45.5 Å². The molecule has 2 aliphatic heterocycles. The number of fused-ring (bicyclic) bond motifs is 2. The summed E-state index contributed by atoms with van der Waals surface area (Å²) < 4.78 is 7.79. The van der Waals surface area contributed by atoms with Crippen molar-refractivity contribution in [2.45, 2.75) is 64.8 Å². The minimum Gasteiger partial charge on any atom is -0.373 e. The molecule has 2 aromatic rings. The largest absolute Gasteiger partial charge is 0.373 e. The van der Waals surface area contributed by atoms with Gasteiger partial charge in [0.25, 0.3) is 0 Å². The van der Waals surface area contributed by atoms with Gasteiger partial charge in [0.15, 0.2) is 11.8 Å². The maximum atomic E-state index is 5.93. The summed E-state index contributed by atoms with van der Waals surface area (Å²) >= 11 is 0. The van der Waals surface area contributed by atoms with E-state index < -0.39 is 0 Å². The molecule has 0 saturated carbocycles. The molecule has 7 nitrogen and oxygen atoms in total. The van der Waals surface area contributed by atoms with Crippen LogP contribution in [0.25, 0.3) is 5.82 Å². The summed E-state index contributed by atoms with van der Waals surface area (Å²) in [5.41, 5.74) is 3.15. The lowest BCUT2D eigenvalue weighted by molar-refractivity contribution is 0.0992. The third-order valence-electron chi connectivity index (χ3n) is 5.23. The van der Waals surface area contributed by atoms with Crippen molar-refractivity contribution < 1.29 is 4.74 Å². The molecule has 0 spiro atoms. The highest BCUT2D eigenvalue weighted by Gasteiger charge is 2.41. The Balaban J connectivity index is 1.41. The van der Waals surface area contributed by atoms with Gasteiger partial charge in [0.05, 0.1) is 30.5 Å². The zero-order valence-corrected chi connectivity index (χ0v) is 16.3. The highest BCUT2D eigenvalue weighted by Crippen LogP contribution is 2.34. The number of pyridine rings is 1. The molecular weight excluding hydrogens is 340 g/mol. The number of rotatable bonds is 5. The number of aromatic nitrogens is 3. The smallest absolute Gasteiger partial charge is 0.191 e. The van der Waals surface area contributed by atoms with Crippen molar-refractivity contribution in [1.29, 1.82) is 0 Å². The predicted octanol–water partition coefficient (Wildman–Crippen LogP) is 2.26. The highest BCUT2D eigenvalue weighted by molar-refractivity contribution is 5.80. The monoisotopic (exact) mass is 368 g/mol. The fraction of sp³-hybridized carbons (Fsp3) is 0.550. The highest BCUT2D eigenvalue weighted by atomic mass is 16.5. The second-order valence-electron chi connectivity index (χ2n) is 7.42. The summed E-state index contributed by atoms with van der Waals surface area (Å²) in [6.45, 7) is 7.53.